The van der Waals surface area contributed by atoms with Crippen LogP contribution in [0.1, 0.15) is 11.6 Å². The number of methoxy groups -OCH3 is 2. The van der Waals surface area contributed by atoms with E-state index < -0.39 is 5.76 Å². The maximum atomic E-state index is 11.5. The summed E-state index contributed by atoms with van der Waals surface area (Å²) in [5.74, 6) is 0.380. The molecule has 2 aromatic heterocycles. The van der Waals surface area contributed by atoms with Crippen molar-refractivity contribution in [1.29, 1.82) is 0 Å². The van der Waals surface area contributed by atoms with Crippen LogP contribution in [0.2, 0.25) is 0 Å². The topological polar surface area (TPSA) is 79.4 Å². The Labute approximate surface area is 103 Å². The van der Waals surface area contributed by atoms with E-state index >= 15 is 0 Å². The van der Waals surface area contributed by atoms with Crippen molar-refractivity contribution >= 4 is 0 Å². The molecule has 0 aliphatic heterocycles. The molecule has 18 heavy (non-hydrogen) atoms. The molecule has 2 heterocycles. The Balaban J connectivity index is 2.20. The zero-order valence-electron chi connectivity index (χ0n) is 10.1. The third-order valence-corrected chi connectivity index (χ3v) is 2.25. The average Bonchev–Trinajstić information content (AvgIpc) is 2.70. The minimum Gasteiger partial charge on any atom is -0.497 e. The van der Waals surface area contributed by atoms with Crippen molar-refractivity contribution in [2.24, 2.45) is 0 Å². The van der Waals surface area contributed by atoms with Crippen LogP contribution in [0.15, 0.2) is 27.5 Å². The average molecular weight is 251 g/mol. The lowest BCUT2D eigenvalue weighted by molar-refractivity contribution is 0.158. The number of aromatic nitrogens is 3. The van der Waals surface area contributed by atoms with Crippen molar-refractivity contribution in [2.45, 2.75) is 13.2 Å². The number of ether oxygens (including phenoxy) is 2. The Bertz CT molecular complexity index is 576. The highest BCUT2D eigenvalue weighted by Gasteiger charge is 2.09. The van der Waals surface area contributed by atoms with E-state index in [1.165, 1.54) is 11.8 Å². The van der Waals surface area contributed by atoms with Gasteiger partial charge in [-0.2, -0.15) is 4.68 Å². The summed E-state index contributed by atoms with van der Waals surface area (Å²) >= 11 is 0. The van der Waals surface area contributed by atoms with Crippen LogP contribution in [0.5, 0.6) is 5.75 Å². The molecular weight excluding hydrogens is 238 g/mol. The summed E-state index contributed by atoms with van der Waals surface area (Å²) in [6.45, 7) is 0.386. The smallest absolute Gasteiger partial charge is 0.437 e. The Morgan fingerprint density at radius 3 is 3.00 bits per heavy atom. The van der Waals surface area contributed by atoms with Gasteiger partial charge >= 0.3 is 5.76 Å². The normalized spacial score (nSPS) is 10.6. The molecule has 7 nitrogen and oxygen atoms in total. The van der Waals surface area contributed by atoms with E-state index in [2.05, 4.69) is 10.1 Å². The lowest BCUT2D eigenvalue weighted by Crippen LogP contribution is -2.17. The maximum Gasteiger partial charge on any atom is 0.437 e. The molecule has 0 aromatic carbocycles. The Morgan fingerprint density at radius 2 is 2.28 bits per heavy atom. The first-order chi connectivity index (χ1) is 8.72. The van der Waals surface area contributed by atoms with E-state index in [-0.39, 0.29) is 19.0 Å². The quantitative estimate of drug-likeness (QED) is 0.767. The highest BCUT2D eigenvalue weighted by atomic mass is 16.5. The SMILES string of the molecule is COCc1nn(Cc2cc(OC)ccn2)c(=O)o1. The number of hydrogen-bond acceptors (Lipinski definition) is 6. The van der Waals surface area contributed by atoms with E-state index in [4.69, 9.17) is 13.9 Å². The van der Waals surface area contributed by atoms with Gasteiger partial charge in [-0.3, -0.25) is 4.98 Å². The molecule has 0 fully saturated rings. The standard InChI is InChI=1S/C11H13N3O4/c1-16-7-10-13-14(11(15)18-10)6-8-5-9(17-2)3-4-12-8/h3-5H,6-7H2,1-2H3. The van der Waals surface area contributed by atoms with Gasteiger partial charge in [-0.1, -0.05) is 0 Å². The molecule has 2 aromatic rings. The first-order valence-corrected chi connectivity index (χ1v) is 5.27. The molecule has 0 aliphatic carbocycles. The van der Waals surface area contributed by atoms with Crippen LogP contribution in [-0.2, 0) is 17.9 Å². The summed E-state index contributed by atoms with van der Waals surface area (Å²) in [7, 11) is 3.07. The molecule has 0 saturated heterocycles. The zero-order valence-corrected chi connectivity index (χ0v) is 10.1. The molecule has 0 unspecified atom stereocenters. The highest BCUT2D eigenvalue weighted by Crippen LogP contribution is 2.10. The summed E-state index contributed by atoms with van der Waals surface area (Å²) in [5, 5.41) is 3.98. The van der Waals surface area contributed by atoms with Gasteiger partial charge < -0.3 is 13.9 Å². The Kier molecular flexibility index (Phi) is 3.73. The number of rotatable bonds is 5. The van der Waals surface area contributed by atoms with Gasteiger partial charge in [-0.25, -0.2) is 4.79 Å². The fraction of sp³-hybridized carbons (Fsp3) is 0.364. The van der Waals surface area contributed by atoms with Crippen molar-refractivity contribution in [3.05, 3.63) is 40.5 Å². The first kappa shape index (κ1) is 12.3. The minimum absolute atomic E-state index is 0.160. The summed E-state index contributed by atoms with van der Waals surface area (Å²) < 4.78 is 16.0. The molecule has 0 radical (unpaired) electrons. The predicted molar refractivity (Wildman–Crippen MR) is 61.4 cm³/mol. The van der Waals surface area contributed by atoms with Crippen LogP contribution >= 0.6 is 0 Å². The van der Waals surface area contributed by atoms with Gasteiger partial charge in [0.25, 0.3) is 0 Å². The zero-order chi connectivity index (χ0) is 13.0. The largest absolute Gasteiger partial charge is 0.497 e. The van der Waals surface area contributed by atoms with E-state index in [0.29, 0.717) is 11.4 Å². The molecule has 0 atom stereocenters. The van der Waals surface area contributed by atoms with E-state index in [0.717, 1.165) is 0 Å². The van der Waals surface area contributed by atoms with Crippen molar-refractivity contribution in [2.75, 3.05) is 14.2 Å². The predicted octanol–water partition coefficient (Wildman–Crippen LogP) is 0.435. The number of nitrogens with zero attached hydrogens (tertiary/aromatic N) is 3. The fourth-order valence-electron chi connectivity index (χ4n) is 1.45. The fourth-order valence-corrected chi connectivity index (χ4v) is 1.45. The highest BCUT2D eigenvalue weighted by molar-refractivity contribution is 5.22. The number of hydrogen-bond donors (Lipinski definition) is 0. The van der Waals surface area contributed by atoms with E-state index in [1.54, 1.807) is 25.4 Å². The monoisotopic (exact) mass is 251 g/mol. The van der Waals surface area contributed by atoms with Gasteiger partial charge in [0.15, 0.2) is 0 Å². The second-order valence-corrected chi connectivity index (χ2v) is 3.54. The lowest BCUT2D eigenvalue weighted by atomic mass is 10.3. The van der Waals surface area contributed by atoms with Crippen LogP contribution in [0, 0.1) is 0 Å². The van der Waals surface area contributed by atoms with Crippen LogP contribution in [0.3, 0.4) is 0 Å². The number of pyridine rings is 1. The molecule has 0 saturated carbocycles. The third kappa shape index (κ3) is 2.75. The van der Waals surface area contributed by atoms with Gasteiger partial charge in [0.05, 0.1) is 19.3 Å². The summed E-state index contributed by atoms with van der Waals surface area (Å²) in [6, 6.07) is 3.46. The molecule has 96 valence electrons. The Morgan fingerprint density at radius 1 is 1.44 bits per heavy atom. The summed E-state index contributed by atoms with van der Waals surface area (Å²) in [4.78, 5) is 15.6. The molecular formula is C11H13N3O4. The minimum atomic E-state index is -0.535. The van der Waals surface area contributed by atoms with Crippen LogP contribution in [0.4, 0.5) is 0 Å². The van der Waals surface area contributed by atoms with Crippen LogP contribution in [0.25, 0.3) is 0 Å². The third-order valence-electron chi connectivity index (χ3n) is 2.25. The van der Waals surface area contributed by atoms with Crippen molar-refractivity contribution in [3.8, 4) is 5.75 Å². The van der Waals surface area contributed by atoms with Crippen LogP contribution in [-0.4, -0.2) is 29.0 Å². The Hall–Kier alpha value is -2.15. The van der Waals surface area contributed by atoms with Crippen LogP contribution < -0.4 is 10.5 Å². The van der Waals surface area contributed by atoms with E-state index in [9.17, 15) is 4.79 Å². The second-order valence-electron chi connectivity index (χ2n) is 3.54. The lowest BCUT2D eigenvalue weighted by Gasteiger charge is -2.02. The summed E-state index contributed by atoms with van der Waals surface area (Å²) in [5.41, 5.74) is 0.661. The molecule has 0 aliphatic rings. The van der Waals surface area contributed by atoms with Crippen molar-refractivity contribution in [1.82, 2.24) is 14.8 Å². The van der Waals surface area contributed by atoms with Crippen molar-refractivity contribution in [3.63, 3.8) is 0 Å². The first-order valence-electron chi connectivity index (χ1n) is 5.27. The molecule has 0 spiro atoms. The molecule has 0 N–H and O–H groups in total. The molecule has 7 heteroatoms. The van der Waals surface area contributed by atoms with Gasteiger partial charge in [-0.15, -0.1) is 5.10 Å². The van der Waals surface area contributed by atoms with Gasteiger partial charge in [0.1, 0.15) is 12.4 Å². The molecule has 0 amide bonds. The maximum absolute atomic E-state index is 11.5. The van der Waals surface area contributed by atoms with Gasteiger partial charge in [0, 0.05) is 19.4 Å². The second kappa shape index (κ2) is 5.46. The van der Waals surface area contributed by atoms with Crippen molar-refractivity contribution < 1.29 is 13.9 Å². The van der Waals surface area contributed by atoms with Gasteiger partial charge in [0.2, 0.25) is 5.89 Å². The van der Waals surface area contributed by atoms with Gasteiger partial charge in [-0.05, 0) is 6.07 Å². The molecule has 0 bridgehead atoms. The molecule has 2 rings (SSSR count). The van der Waals surface area contributed by atoms with E-state index in [1.807, 2.05) is 0 Å². The summed E-state index contributed by atoms with van der Waals surface area (Å²) in [6.07, 6.45) is 1.61.